The summed E-state index contributed by atoms with van der Waals surface area (Å²) in [4.78, 5) is 11.2. The highest BCUT2D eigenvalue weighted by molar-refractivity contribution is 5.80. The highest BCUT2D eigenvalue weighted by Crippen LogP contribution is 2.11. The van der Waals surface area contributed by atoms with Crippen LogP contribution in [0.25, 0.3) is 0 Å². The van der Waals surface area contributed by atoms with Gasteiger partial charge in [-0.05, 0) is 19.8 Å². The highest BCUT2D eigenvalue weighted by atomic mass is 16.5. The van der Waals surface area contributed by atoms with E-state index in [4.69, 9.17) is 9.84 Å². The number of aliphatic hydroxyl groups excluding tert-OH is 1. The Hall–Kier alpha value is -0.610. The van der Waals surface area contributed by atoms with Crippen LogP contribution in [0.1, 0.15) is 19.8 Å². The zero-order valence-corrected chi connectivity index (χ0v) is 7.25. The average Bonchev–Trinajstić information content (AvgIpc) is 2.51. The molecule has 0 aromatic carbocycles. The molecule has 1 heterocycles. The summed E-state index contributed by atoms with van der Waals surface area (Å²) in [7, 11) is 0. The zero-order valence-electron chi connectivity index (χ0n) is 7.25. The fourth-order valence-corrected chi connectivity index (χ4v) is 1.15. The van der Waals surface area contributed by atoms with Crippen LogP contribution in [0.15, 0.2) is 0 Å². The summed E-state index contributed by atoms with van der Waals surface area (Å²) in [6, 6.07) is 0. The van der Waals surface area contributed by atoms with E-state index in [2.05, 4.69) is 5.32 Å². The maximum absolute atomic E-state index is 11.2. The lowest BCUT2D eigenvalue weighted by Crippen LogP contribution is -2.37. The Kier molecular flexibility index (Phi) is 3.49. The van der Waals surface area contributed by atoms with Crippen LogP contribution in [0.4, 0.5) is 0 Å². The second kappa shape index (κ2) is 4.42. The SMILES string of the molecule is CC(O)CNC(=O)[C@@H]1CCCO1. The minimum atomic E-state index is -0.490. The Morgan fingerprint density at radius 2 is 2.58 bits per heavy atom. The predicted molar refractivity (Wildman–Crippen MR) is 43.7 cm³/mol. The third-order valence-corrected chi connectivity index (χ3v) is 1.79. The van der Waals surface area contributed by atoms with Crippen molar-refractivity contribution in [3.8, 4) is 0 Å². The van der Waals surface area contributed by atoms with Crippen LogP contribution in [-0.4, -0.2) is 36.4 Å². The van der Waals surface area contributed by atoms with Crippen molar-refractivity contribution in [3.05, 3.63) is 0 Å². The van der Waals surface area contributed by atoms with Gasteiger partial charge in [0, 0.05) is 13.2 Å². The average molecular weight is 173 g/mol. The van der Waals surface area contributed by atoms with Crippen LogP contribution < -0.4 is 5.32 Å². The van der Waals surface area contributed by atoms with Crippen LogP contribution >= 0.6 is 0 Å². The summed E-state index contributed by atoms with van der Waals surface area (Å²) in [6.07, 6.45) is 0.970. The molecule has 1 aliphatic heterocycles. The second-order valence-electron chi connectivity index (χ2n) is 3.10. The number of nitrogens with one attached hydrogen (secondary N) is 1. The first-order valence-corrected chi connectivity index (χ1v) is 4.27. The van der Waals surface area contributed by atoms with Gasteiger partial charge in [0.05, 0.1) is 6.10 Å². The number of carbonyl (C=O) groups excluding carboxylic acids is 1. The molecule has 4 heteroatoms. The van der Waals surface area contributed by atoms with E-state index < -0.39 is 6.10 Å². The maximum atomic E-state index is 11.2. The van der Waals surface area contributed by atoms with E-state index in [-0.39, 0.29) is 12.0 Å². The van der Waals surface area contributed by atoms with Crippen molar-refractivity contribution < 1.29 is 14.6 Å². The summed E-state index contributed by atoms with van der Waals surface area (Å²) in [5, 5.41) is 11.5. The molecule has 12 heavy (non-hydrogen) atoms. The largest absolute Gasteiger partial charge is 0.392 e. The number of aliphatic hydroxyl groups is 1. The third-order valence-electron chi connectivity index (χ3n) is 1.79. The summed E-state index contributed by atoms with van der Waals surface area (Å²) < 4.78 is 5.15. The lowest BCUT2D eigenvalue weighted by molar-refractivity contribution is -0.130. The number of amides is 1. The van der Waals surface area contributed by atoms with Gasteiger partial charge in [-0.2, -0.15) is 0 Å². The molecule has 1 unspecified atom stereocenters. The molecule has 0 saturated carbocycles. The van der Waals surface area contributed by atoms with Crippen molar-refractivity contribution >= 4 is 5.91 Å². The van der Waals surface area contributed by atoms with Gasteiger partial charge in [-0.15, -0.1) is 0 Å². The topological polar surface area (TPSA) is 58.6 Å². The second-order valence-corrected chi connectivity index (χ2v) is 3.10. The standard InChI is InChI=1S/C8H15NO3/c1-6(10)5-9-8(11)7-3-2-4-12-7/h6-7,10H,2-5H2,1H3,(H,9,11)/t6?,7-/m0/s1. The van der Waals surface area contributed by atoms with Crippen LogP contribution in [0, 0.1) is 0 Å². The first-order chi connectivity index (χ1) is 5.70. The molecule has 1 rings (SSSR count). The maximum Gasteiger partial charge on any atom is 0.249 e. The lowest BCUT2D eigenvalue weighted by Gasteiger charge is -2.11. The third kappa shape index (κ3) is 2.79. The van der Waals surface area contributed by atoms with Gasteiger partial charge in [-0.25, -0.2) is 0 Å². The molecule has 1 amide bonds. The molecule has 1 fully saturated rings. The first kappa shape index (κ1) is 9.48. The number of hydrogen-bond acceptors (Lipinski definition) is 3. The first-order valence-electron chi connectivity index (χ1n) is 4.27. The number of rotatable bonds is 3. The Morgan fingerprint density at radius 1 is 1.83 bits per heavy atom. The van der Waals surface area contributed by atoms with Crippen LogP contribution in [0.2, 0.25) is 0 Å². The number of carbonyl (C=O) groups is 1. The van der Waals surface area contributed by atoms with Crippen LogP contribution in [-0.2, 0) is 9.53 Å². The normalized spacial score (nSPS) is 25.3. The molecule has 0 aromatic rings. The van der Waals surface area contributed by atoms with Gasteiger partial charge < -0.3 is 15.2 Å². The van der Waals surface area contributed by atoms with Crippen molar-refractivity contribution in [2.45, 2.75) is 32.0 Å². The van der Waals surface area contributed by atoms with Crippen LogP contribution in [0.3, 0.4) is 0 Å². The monoisotopic (exact) mass is 173 g/mol. The molecule has 4 nitrogen and oxygen atoms in total. The molecule has 0 aliphatic carbocycles. The van der Waals surface area contributed by atoms with E-state index in [1.807, 2.05) is 0 Å². The van der Waals surface area contributed by atoms with Gasteiger partial charge in [-0.3, -0.25) is 4.79 Å². The van der Waals surface area contributed by atoms with Gasteiger partial charge in [-0.1, -0.05) is 0 Å². The molecule has 0 aromatic heterocycles. The number of hydrogen-bond donors (Lipinski definition) is 2. The smallest absolute Gasteiger partial charge is 0.249 e. The molecule has 0 spiro atoms. The van der Waals surface area contributed by atoms with E-state index in [9.17, 15) is 4.79 Å². The Bertz CT molecular complexity index is 152. The fraction of sp³-hybridized carbons (Fsp3) is 0.875. The van der Waals surface area contributed by atoms with E-state index in [1.165, 1.54) is 0 Å². The van der Waals surface area contributed by atoms with E-state index >= 15 is 0 Å². The molecule has 0 bridgehead atoms. The van der Waals surface area contributed by atoms with Gasteiger partial charge in [0.25, 0.3) is 0 Å². The van der Waals surface area contributed by atoms with Crippen molar-refractivity contribution in [3.63, 3.8) is 0 Å². The van der Waals surface area contributed by atoms with Gasteiger partial charge in [0.15, 0.2) is 0 Å². The molecule has 1 saturated heterocycles. The van der Waals surface area contributed by atoms with Gasteiger partial charge in [0.2, 0.25) is 5.91 Å². The van der Waals surface area contributed by atoms with Crippen molar-refractivity contribution in [1.29, 1.82) is 0 Å². The Morgan fingerprint density at radius 3 is 3.08 bits per heavy atom. The predicted octanol–water partition coefficient (Wildman–Crippen LogP) is -0.338. The number of ether oxygens (including phenoxy) is 1. The summed E-state index contributed by atoms with van der Waals surface area (Å²) in [5.41, 5.74) is 0. The van der Waals surface area contributed by atoms with Crippen LogP contribution in [0.5, 0.6) is 0 Å². The van der Waals surface area contributed by atoms with E-state index in [0.717, 1.165) is 12.8 Å². The molecular formula is C8H15NO3. The van der Waals surface area contributed by atoms with Gasteiger partial charge >= 0.3 is 0 Å². The van der Waals surface area contributed by atoms with Crippen molar-refractivity contribution in [1.82, 2.24) is 5.32 Å². The molecule has 2 N–H and O–H groups in total. The van der Waals surface area contributed by atoms with Crippen molar-refractivity contribution in [2.75, 3.05) is 13.2 Å². The minimum absolute atomic E-state index is 0.103. The molecule has 0 radical (unpaired) electrons. The molecule has 70 valence electrons. The highest BCUT2D eigenvalue weighted by Gasteiger charge is 2.23. The van der Waals surface area contributed by atoms with E-state index in [1.54, 1.807) is 6.92 Å². The Balaban J connectivity index is 2.18. The molecular weight excluding hydrogens is 158 g/mol. The Labute approximate surface area is 71.9 Å². The molecule has 2 atom stereocenters. The van der Waals surface area contributed by atoms with E-state index in [0.29, 0.717) is 13.2 Å². The van der Waals surface area contributed by atoms with Gasteiger partial charge in [0.1, 0.15) is 6.10 Å². The summed E-state index contributed by atoms with van der Waals surface area (Å²) >= 11 is 0. The summed E-state index contributed by atoms with van der Waals surface area (Å²) in [6.45, 7) is 2.61. The summed E-state index contributed by atoms with van der Waals surface area (Å²) in [5.74, 6) is -0.103. The minimum Gasteiger partial charge on any atom is -0.392 e. The zero-order chi connectivity index (χ0) is 8.97. The lowest BCUT2D eigenvalue weighted by atomic mass is 10.2. The van der Waals surface area contributed by atoms with Crippen molar-refractivity contribution in [2.24, 2.45) is 0 Å². The fourth-order valence-electron chi connectivity index (χ4n) is 1.15. The molecule has 1 aliphatic rings. The quantitative estimate of drug-likeness (QED) is 0.614.